The zero-order valence-corrected chi connectivity index (χ0v) is 16.1. The quantitative estimate of drug-likeness (QED) is 0.714. The number of rotatable bonds is 7. The lowest BCUT2D eigenvalue weighted by atomic mass is 10.1. The molecule has 0 saturated heterocycles. The number of amides is 2. The largest absolute Gasteiger partial charge is 0.493 e. The van der Waals surface area contributed by atoms with Gasteiger partial charge in [-0.15, -0.1) is 0 Å². The Bertz CT molecular complexity index is 851. The summed E-state index contributed by atoms with van der Waals surface area (Å²) in [7, 11) is 3.04. The Kier molecular flexibility index (Phi) is 7.25. The molecule has 0 saturated carbocycles. The highest BCUT2D eigenvalue weighted by Crippen LogP contribution is 2.33. The van der Waals surface area contributed by atoms with E-state index in [4.69, 9.17) is 21.1 Å². The van der Waals surface area contributed by atoms with Gasteiger partial charge in [0.15, 0.2) is 11.5 Å². The SMILES string of the molecule is COc1cc(Cl)c(CNC(=O)/C(=C/c2ccccc2)NC(C)=O)cc1OC. The number of nitrogens with one attached hydrogen (secondary N) is 2. The van der Waals surface area contributed by atoms with E-state index in [1.54, 1.807) is 18.2 Å². The number of methoxy groups -OCH3 is 2. The molecule has 142 valence electrons. The minimum absolute atomic E-state index is 0.144. The summed E-state index contributed by atoms with van der Waals surface area (Å²) >= 11 is 6.24. The third-order valence-corrected chi connectivity index (χ3v) is 4.01. The minimum Gasteiger partial charge on any atom is -0.493 e. The molecule has 0 spiro atoms. The van der Waals surface area contributed by atoms with E-state index in [0.717, 1.165) is 5.56 Å². The van der Waals surface area contributed by atoms with Crippen LogP contribution in [0.15, 0.2) is 48.2 Å². The Balaban J connectivity index is 2.18. The fourth-order valence-electron chi connectivity index (χ4n) is 2.37. The van der Waals surface area contributed by atoms with Crippen LogP contribution in [0.4, 0.5) is 0 Å². The van der Waals surface area contributed by atoms with Gasteiger partial charge in [-0.05, 0) is 23.3 Å². The van der Waals surface area contributed by atoms with Crippen molar-refractivity contribution in [3.63, 3.8) is 0 Å². The number of hydrogen-bond acceptors (Lipinski definition) is 4. The summed E-state index contributed by atoms with van der Waals surface area (Å²) in [6.45, 7) is 1.50. The van der Waals surface area contributed by atoms with Crippen LogP contribution in [0.1, 0.15) is 18.1 Å². The topological polar surface area (TPSA) is 76.7 Å². The summed E-state index contributed by atoms with van der Waals surface area (Å²) < 4.78 is 10.4. The lowest BCUT2D eigenvalue weighted by molar-refractivity contribution is -0.122. The van der Waals surface area contributed by atoms with Crippen molar-refractivity contribution < 1.29 is 19.1 Å². The maximum atomic E-state index is 12.6. The molecule has 2 amide bonds. The number of hydrogen-bond donors (Lipinski definition) is 2. The van der Waals surface area contributed by atoms with Gasteiger partial charge < -0.3 is 20.1 Å². The number of carbonyl (C=O) groups is 2. The van der Waals surface area contributed by atoms with E-state index < -0.39 is 5.91 Å². The van der Waals surface area contributed by atoms with E-state index >= 15 is 0 Å². The van der Waals surface area contributed by atoms with E-state index in [1.165, 1.54) is 21.1 Å². The van der Waals surface area contributed by atoms with Gasteiger partial charge in [-0.3, -0.25) is 9.59 Å². The van der Waals surface area contributed by atoms with Gasteiger partial charge in [0.05, 0.1) is 14.2 Å². The molecule has 0 aromatic heterocycles. The van der Waals surface area contributed by atoms with Crippen molar-refractivity contribution in [2.75, 3.05) is 14.2 Å². The highest BCUT2D eigenvalue weighted by atomic mass is 35.5. The first kappa shape index (κ1) is 20.3. The fraction of sp³-hybridized carbons (Fsp3) is 0.200. The standard InChI is InChI=1S/C20H21ClN2O4/c1-13(24)23-17(9-14-7-5-4-6-8-14)20(25)22-12-15-10-18(26-2)19(27-3)11-16(15)21/h4-11H,12H2,1-3H3,(H,22,25)(H,23,24)/b17-9-. The summed E-state index contributed by atoms with van der Waals surface area (Å²) in [4.78, 5) is 24.0. The maximum absolute atomic E-state index is 12.6. The normalized spacial score (nSPS) is 10.9. The zero-order valence-electron chi connectivity index (χ0n) is 15.3. The van der Waals surface area contributed by atoms with Gasteiger partial charge in [0.1, 0.15) is 5.70 Å². The van der Waals surface area contributed by atoms with E-state index in [1.807, 2.05) is 30.3 Å². The molecule has 6 nitrogen and oxygen atoms in total. The lowest BCUT2D eigenvalue weighted by Gasteiger charge is -2.13. The molecule has 2 rings (SSSR count). The number of halogens is 1. The lowest BCUT2D eigenvalue weighted by Crippen LogP contribution is -2.33. The van der Waals surface area contributed by atoms with Crippen LogP contribution in [0.25, 0.3) is 6.08 Å². The monoisotopic (exact) mass is 388 g/mol. The molecule has 0 heterocycles. The summed E-state index contributed by atoms with van der Waals surface area (Å²) in [5.74, 6) is 0.241. The molecule has 0 radical (unpaired) electrons. The van der Waals surface area contributed by atoms with Crippen LogP contribution in [-0.2, 0) is 16.1 Å². The molecule has 0 aliphatic carbocycles. The Morgan fingerprint density at radius 3 is 2.30 bits per heavy atom. The van der Waals surface area contributed by atoms with E-state index in [9.17, 15) is 9.59 Å². The van der Waals surface area contributed by atoms with Crippen molar-refractivity contribution in [3.05, 3.63) is 64.3 Å². The first-order valence-corrected chi connectivity index (χ1v) is 8.55. The van der Waals surface area contributed by atoms with Crippen LogP contribution in [0, 0.1) is 0 Å². The van der Waals surface area contributed by atoms with Crippen molar-refractivity contribution in [2.24, 2.45) is 0 Å². The van der Waals surface area contributed by atoms with Crippen LogP contribution in [0.3, 0.4) is 0 Å². The van der Waals surface area contributed by atoms with Crippen molar-refractivity contribution in [3.8, 4) is 11.5 Å². The average molecular weight is 389 g/mol. The molecule has 27 heavy (non-hydrogen) atoms. The van der Waals surface area contributed by atoms with Crippen LogP contribution in [-0.4, -0.2) is 26.0 Å². The molecule has 2 aromatic carbocycles. The van der Waals surface area contributed by atoms with Gasteiger partial charge in [-0.2, -0.15) is 0 Å². The molecule has 7 heteroatoms. The second-order valence-electron chi connectivity index (χ2n) is 5.63. The van der Waals surface area contributed by atoms with Gasteiger partial charge in [0.2, 0.25) is 5.91 Å². The van der Waals surface area contributed by atoms with Gasteiger partial charge in [-0.25, -0.2) is 0 Å². The Morgan fingerprint density at radius 2 is 1.70 bits per heavy atom. The predicted octanol–water partition coefficient (Wildman–Crippen LogP) is 3.15. The average Bonchev–Trinajstić information content (AvgIpc) is 2.66. The summed E-state index contributed by atoms with van der Waals surface area (Å²) in [6, 6.07) is 12.5. The van der Waals surface area contributed by atoms with Crippen molar-refractivity contribution >= 4 is 29.5 Å². The first-order valence-electron chi connectivity index (χ1n) is 8.17. The van der Waals surface area contributed by atoms with Crippen LogP contribution >= 0.6 is 11.6 Å². The molecule has 0 bridgehead atoms. The molecule has 2 N–H and O–H groups in total. The smallest absolute Gasteiger partial charge is 0.268 e. The van der Waals surface area contributed by atoms with Gasteiger partial charge in [-0.1, -0.05) is 41.9 Å². The molecule has 0 atom stereocenters. The number of ether oxygens (including phenoxy) is 2. The Hall–Kier alpha value is -2.99. The van der Waals surface area contributed by atoms with Crippen molar-refractivity contribution in [2.45, 2.75) is 13.5 Å². The minimum atomic E-state index is -0.431. The molecule has 0 unspecified atom stereocenters. The summed E-state index contributed by atoms with van der Waals surface area (Å²) in [5.41, 5.74) is 1.59. The molecular formula is C20H21ClN2O4. The van der Waals surface area contributed by atoms with Gasteiger partial charge in [0, 0.05) is 24.6 Å². The molecular weight excluding hydrogens is 368 g/mol. The number of carbonyl (C=O) groups excluding carboxylic acids is 2. The predicted molar refractivity (Wildman–Crippen MR) is 105 cm³/mol. The molecule has 0 aliphatic heterocycles. The number of benzene rings is 2. The van der Waals surface area contributed by atoms with E-state index in [2.05, 4.69) is 10.6 Å². The van der Waals surface area contributed by atoms with Crippen LogP contribution in [0.2, 0.25) is 5.02 Å². The van der Waals surface area contributed by atoms with Crippen molar-refractivity contribution in [1.82, 2.24) is 10.6 Å². The second kappa shape index (κ2) is 9.64. The molecule has 0 aliphatic rings. The molecule has 2 aromatic rings. The van der Waals surface area contributed by atoms with E-state index in [-0.39, 0.29) is 18.1 Å². The van der Waals surface area contributed by atoms with Crippen LogP contribution in [0.5, 0.6) is 11.5 Å². The van der Waals surface area contributed by atoms with Crippen molar-refractivity contribution in [1.29, 1.82) is 0 Å². The fourth-order valence-corrected chi connectivity index (χ4v) is 2.59. The van der Waals surface area contributed by atoms with E-state index in [0.29, 0.717) is 22.1 Å². The highest BCUT2D eigenvalue weighted by Gasteiger charge is 2.14. The third kappa shape index (κ3) is 5.76. The summed E-state index contributed by atoms with van der Waals surface area (Å²) in [6.07, 6.45) is 1.60. The molecule has 0 fully saturated rings. The second-order valence-corrected chi connectivity index (χ2v) is 6.04. The summed E-state index contributed by atoms with van der Waals surface area (Å²) in [5, 5.41) is 5.74. The van der Waals surface area contributed by atoms with Gasteiger partial charge in [0.25, 0.3) is 5.91 Å². The zero-order chi connectivity index (χ0) is 19.8. The maximum Gasteiger partial charge on any atom is 0.268 e. The first-order chi connectivity index (χ1) is 12.9. The Morgan fingerprint density at radius 1 is 1.07 bits per heavy atom. The Labute approximate surface area is 163 Å². The van der Waals surface area contributed by atoms with Crippen LogP contribution < -0.4 is 20.1 Å². The third-order valence-electron chi connectivity index (χ3n) is 3.66. The highest BCUT2D eigenvalue weighted by molar-refractivity contribution is 6.31. The van der Waals surface area contributed by atoms with Gasteiger partial charge >= 0.3 is 0 Å².